The molecule has 27 heavy (non-hydrogen) atoms. The van der Waals surface area contributed by atoms with E-state index in [-0.39, 0.29) is 11.5 Å². The fourth-order valence-electron chi connectivity index (χ4n) is 8.10. The lowest BCUT2D eigenvalue weighted by Gasteiger charge is -2.58. The molecule has 0 aromatic rings. The molecule has 0 bridgehead atoms. The summed E-state index contributed by atoms with van der Waals surface area (Å²) in [6, 6.07) is 0. The Labute approximate surface area is 164 Å². The average Bonchev–Trinajstić information content (AvgIpc) is 2.97. The highest BCUT2D eigenvalue weighted by atomic mass is 16.4. The molecular formula is C24H38O3. The van der Waals surface area contributed by atoms with Gasteiger partial charge in [0.25, 0.3) is 0 Å². The normalized spacial score (nSPS) is 49.8. The van der Waals surface area contributed by atoms with Crippen molar-refractivity contribution in [1.82, 2.24) is 0 Å². The molecule has 3 fully saturated rings. The summed E-state index contributed by atoms with van der Waals surface area (Å²) in [5, 5.41) is 19.3. The van der Waals surface area contributed by atoms with Gasteiger partial charge in [0.05, 0.1) is 6.10 Å². The third-order valence-electron chi connectivity index (χ3n) is 9.64. The summed E-state index contributed by atoms with van der Waals surface area (Å²) < 4.78 is 0. The fraction of sp³-hybridized carbons (Fsp3) is 0.875. The predicted molar refractivity (Wildman–Crippen MR) is 107 cm³/mol. The van der Waals surface area contributed by atoms with E-state index in [2.05, 4.69) is 32.9 Å². The molecule has 0 radical (unpaired) electrons. The second-order valence-electron chi connectivity index (χ2n) is 10.8. The number of rotatable bonds is 4. The molecule has 3 saturated carbocycles. The number of fused-ring (bicyclic) bond motifs is 5. The van der Waals surface area contributed by atoms with Crippen LogP contribution in [0.4, 0.5) is 0 Å². The second-order valence-corrected chi connectivity index (χ2v) is 10.8. The summed E-state index contributed by atoms with van der Waals surface area (Å²) in [6.07, 6.45) is 14.5. The first-order valence-corrected chi connectivity index (χ1v) is 11.3. The van der Waals surface area contributed by atoms with Gasteiger partial charge in [-0.2, -0.15) is 0 Å². The van der Waals surface area contributed by atoms with E-state index in [4.69, 9.17) is 5.11 Å². The van der Waals surface area contributed by atoms with E-state index in [1.54, 1.807) is 0 Å². The topological polar surface area (TPSA) is 57.5 Å². The third-order valence-corrected chi connectivity index (χ3v) is 9.64. The van der Waals surface area contributed by atoms with Crippen LogP contribution < -0.4 is 0 Å². The van der Waals surface area contributed by atoms with Crippen LogP contribution in [0.25, 0.3) is 0 Å². The molecule has 0 heterocycles. The molecule has 3 heteroatoms. The Morgan fingerprint density at radius 1 is 1.19 bits per heavy atom. The minimum Gasteiger partial charge on any atom is -0.481 e. The molecule has 4 aliphatic rings. The van der Waals surface area contributed by atoms with Crippen molar-refractivity contribution < 1.29 is 15.0 Å². The third kappa shape index (κ3) is 3.09. The number of carboxylic acid groups (broad SMARTS) is 1. The Balaban J connectivity index is 1.56. The van der Waals surface area contributed by atoms with Crippen LogP contribution in [-0.2, 0) is 4.79 Å². The van der Waals surface area contributed by atoms with Crippen molar-refractivity contribution in [3.05, 3.63) is 12.2 Å². The van der Waals surface area contributed by atoms with Gasteiger partial charge in [-0.25, -0.2) is 0 Å². The second kappa shape index (κ2) is 6.90. The van der Waals surface area contributed by atoms with Crippen molar-refractivity contribution in [3.8, 4) is 0 Å². The number of hydrogen-bond acceptors (Lipinski definition) is 2. The van der Waals surface area contributed by atoms with E-state index in [1.165, 1.54) is 32.1 Å². The van der Waals surface area contributed by atoms with Gasteiger partial charge in [0.1, 0.15) is 0 Å². The van der Waals surface area contributed by atoms with Crippen LogP contribution in [0.3, 0.4) is 0 Å². The van der Waals surface area contributed by atoms with Crippen molar-refractivity contribution >= 4 is 5.97 Å². The predicted octanol–water partition coefficient (Wildman–Crippen LogP) is 5.28. The zero-order valence-corrected chi connectivity index (χ0v) is 17.4. The lowest BCUT2D eigenvalue weighted by atomic mass is 9.46. The molecule has 0 spiro atoms. The van der Waals surface area contributed by atoms with Gasteiger partial charge in [0.2, 0.25) is 0 Å². The molecule has 152 valence electrons. The Kier molecular flexibility index (Phi) is 4.98. The molecule has 0 aromatic heterocycles. The quantitative estimate of drug-likeness (QED) is 0.658. The van der Waals surface area contributed by atoms with Crippen LogP contribution in [-0.4, -0.2) is 22.3 Å². The molecule has 9 atom stereocenters. The number of allylic oxidation sites excluding steroid dienone is 2. The summed E-state index contributed by atoms with van der Waals surface area (Å²) in [5.41, 5.74) is 0.615. The molecule has 0 aliphatic heterocycles. The molecule has 0 amide bonds. The largest absolute Gasteiger partial charge is 0.481 e. The molecule has 4 aliphatic carbocycles. The van der Waals surface area contributed by atoms with Gasteiger partial charge < -0.3 is 10.2 Å². The molecule has 2 N–H and O–H groups in total. The van der Waals surface area contributed by atoms with Crippen molar-refractivity contribution in [2.75, 3.05) is 0 Å². The molecule has 3 nitrogen and oxygen atoms in total. The summed E-state index contributed by atoms with van der Waals surface area (Å²) in [6.45, 7) is 7.26. The maximum atomic E-state index is 11.0. The van der Waals surface area contributed by atoms with Crippen molar-refractivity contribution in [1.29, 1.82) is 0 Å². The molecule has 6 unspecified atom stereocenters. The van der Waals surface area contributed by atoms with Gasteiger partial charge in [-0.1, -0.05) is 32.9 Å². The van der Waals surface area contributed by atoms with E-state index in [1.807, 2.05) is 0 Å². The number of aliphatic hydroxyl groups is 1. The summed E-state index contributed by atoms with van der Waals surface area (Å²) in [7, 11) is 0. The van der Waals surface area contributed by atoms with E-state index in [0.717, 1.165) is 31.1 Å². The summed E-state index contributed by atoms with van der Waals surface area (Å²) in [4.78, 5) is 11.0. The maximum Gasteiger partial charge on any atom is 0.303 e. The van der Waals surface area contributed by atoms with Crippen molar-refractivity contribution in [3.63, 3.8) is 0 Å². The number of aliphatic carboxylic acids is 1. The zero-order chi connectivity index (χ0) is 19.4. The smallest absolute Gasteiger partial charge is 0.303 e. The zero-order valence-electron chi connectivity index (χ0n) is 17.4. The minimum atomic E-state index is -0.661. The van der Waals surface area contributed by atoms with Crippen LogP contribution >= 0.6 is 0 Å². The van der Waals surface area contributed by atoms with Crippen LogP contribution in [0, 0.1) is 46.3 Å². The Hall–Kier alpha value is -0.830. The molecule has 0 aromatic carbocycles. The highest BCUT2D eigenvalue weighted by Gasteiger charge is 2.58. The van der Waals surface area contributed by atoms with Gasteiger partial charge in [0, 0.05) is 6.42 Å². The average molecular weight is 375 g/mol. The lowest BCUT2D eigenvalue weighted by Crippen LogP contribution is -2.52. The van der Waals surface area contributed by atoms with Crippen LogP contribution in [0.1, 0.15) is 78.6 Å². The van der Waals surface area contributed by atoms with E-state index in [0.29, 0.717) is 35.5 Å². The van der Waals surface area contributed by atoms with Crippen LogP contribution in [0.5, 0.6) is 0 Å². The van der Waals surface area contributed by atoms with Crippen LogP contribution in [0.2, 0.25) is 0 Å². The van der Waals surface area contributed by atoms with Crippen molar-refractivity contribution in [2.24, 2.45) is 46.3 Å². The number of carboxylic acids is 1. The minimum absolute atomic E-state index is 0.0802. The first-order chi connectivity index (χ1) is 12.8. The van der Waals surface area contributed by atoms with Gasteiger partial charge in [-0.3, -0.25) is 4.79 Å². The van der Waals surface area contributed by atoms with Crippen LogP contribution in [0.15, 0.2) is 12.2 Å². The first kappa shape index (κ1) is 19.5. The Morgan fingerprint density at radius 3 is 2.70 bits per heavy atom. The Morgan fingerprint density at radius 2 is 1.96 bits per heavy atom. The van der Waals surface area contributed by atoms with E-state index < -0.39 is 5.97 Å². The van der Waals surface area contributed by atoms with E-state index in [9.17, 15) is 9.90 Å². The maximum absolute atomic E-state index is 11.0. The molecular weight excluding hydrogens is 336 g/mol. The lowest BCUT2D eigenvalue weighted by molar-refractivity contribution is -0.137. The first-order valence-electron chi connectivity index (χ1n) is 11.3. The fourth-order valence-corrected chi connectivity index (χ4v) is 8.10. The molecule has 0 saturated heterocycles. The number of hydrogen-bond donors (Lipinski definition) is 2. The van der Waals surface area contributed by atoms with Gasteiger partial charge in [-0.05, 0) is 97.7 Å². The summed E-state index contributed by atoms with van der Waals surface area (Å²) >= 11 is 0. The molecule has 4 rings (SSSR count). The van der Waals surface area contributed by atoms with Gasteiger partial charge in [0.15, 0.2) is 0 Å². The SMILES string of the molecule is CC(CCC(=O)O)C1CCC2C3CC[C@H]4CC(O)CC[C@@]4(C)C3C=C[C@]12C. The highest BCUT2D eigenvalue weighted by Crippen LogP contribution is 2.66. The van der Waals surface area contributed by atoms with Gasteiger partial charge >= 0.3 is 5.97 Å². The van der Waals surface area contributed by atoms with Gasteiger partial charge in [-0.15, -0.1) is 0 Å². The monoisotopic (exact) mass is 374 g/mol. The Bertz CT molecular complexity index is 613. The van der Waals surface area contributed by atoms with E-state index >= 15 is 0 Å². The highest BCUT2D eigenvalue weighted by molar-refractivity contribution is 5.66. The standard InChI is InChI=1S/C24H38O3/c1-15(4-9-22(26)27)19-7-8-20-18-6-5-16-14-17(25)10-12-23(16,2)21(18)11-13-24(19,20)3/h11,13,15-21,25H,4-10,12,14H2,1-3H3,(H,26,27)/t15?,16-,17?,18?,19?,20?,21?,23+,24+/m0/s1. The number of aliphatic hydroxyl groups excluding tert-OH is 1. The number of carbonyl (C=O) groups is 1. The summed E-state index contributed by atoms with van der Waals surface area (Å²) in [5.74, 6) is 3.35. The van der Waals surface area contributed by atoms with Crippen molar-refractivity contribution in [2.45, 2.75) is 84.7 Å².